The lowest BCUT2D eigenvalue weighted by molar-refractivity contribution is -0.560. The fourth-order valence-corrected chi connectivity index (χ4v) is 3.39. The summed E-state index contributed by atoms with van der Waals surface area (Å²) in [6, 6.07) is 0. The maximum Gasteiger partial charge on any atom is 0.217 e. The van der Waals surface area contributed by atoms with Crippen LogP contribution in [-0.2, 0) is 10.0 Å². The molecule has 0 amide bonds. The van der Waals surface area contributed by atoms with E-state index in [0.29, 0.717) is 13.1 Å². The van der Waals surface area contributed by atoms with Gasteiger partial charge in [0.2, 0.25) is 15.6 Å². The average molecular weight is 263 g/mol. The Bertz CT molecular complexity index is 372. The van der Waals surface area contributed by atoms with E-state index in [-0.39, 0.29) is 12.2 Å². The highest BCUT2D eigenvalue weighted by atomic mass is 32.2. The van der Waals surface area contributed by atoms with Crippen LogP contribution in [0.25, 0.3) is 0 Å². The SMILES string of the molecule is CC(C)(CCS(=O)(=O)N1CC[CH]CC1)[N+](=O)[O-]. The Labute approximate surface area is 102 Å². The van der Waals surface area contributed by atoms with Crippen molar-refractivity contribution < 1.29 is 13.3 Å². The van der Waals surface area contributed by atoms with Crippen LogP contribution in [-0.4, -0.2) is 42.0 Å². The Morgan fingerprint density at radius 1 is 1.35 bits per heavy atom. The molecule has 1 aliphatic rings. The van der Waals surface area contributed by atoms with Gasteiger partial charge in [0.1, 0.15) is 0 Å². The molecule has 1 fully saturated rings. The second-order valence-corrected chi connectivity index (χ2v) is 6.99. The van der Waals surface area contributed by atoms with Gasteiger partial charge in [0.15, 0.2) is 0 Å². The number of sulfonamides is 1. The maximum absolute atomic E-state index is 11.9. The van der Waals surface area contributed by atoms with Crippen LogP contribution in [0.3, 0.4) is 0 Å². The molecule has 0 bridgehead atoms. The summed E-state index contributed by atoms with van der Waals surface area (Å²) in [5.74, 6) is -0.152. The Morgan fingerprint density at radius 3 is 2.35 bits per heavy atom. The molecule has 0 saturated carbocycles. The lowest BCUT2D eigenvalue weighted by Crippen LogP contribution is -2.40. The molecule has 7 heteroatoms. The molecule has 1 radical (unpaired) electrons. The lowest BCUT2D eigenvalue weighted by Gasteiger charge is -2.26. The Hall–Kier alpha value is -0.690. The minimum Gasteiger partial charge on any atom is -0.264 e. The summed E-state index contributed by atoms with van der Waals surface area (Å²) in [4.78, 5) is 10.3. The highest BCUT2D eigenvalue weighted by Gasteiger charge is 2.34. The molecule has 6 nitrogen and oxygen atoms in total. The Balaban J connectivity index is 2.58. The lowest BCUT2D eigenvalue weighted by atomic mass is 10.0. The third-order valence-corrected chi connectivity index (χ3v) is 4.90. The first-order valence-electron chi connectivity index (χ1n) is 5.70. The number of hydrogen-bond donors (Lipinski definition) is 0. The summed E-state index contributed by atoms with van der Waals surface area (Å²) < 4.78 is 25.3. The molecule has 0 aromatic carbocycles. The van der Waals surface area contributed by atoms with Crippen molar-refractivity contribution >= 4 is 10.0 Å². The number of rotatable bonds is 5. The van der Waals surface area contributed by atoms with Crippen molar-refractivity contribution in [2.24, 2.45) is 0 Å². The molecule has 0 N–H and O–H groups in total. The molecule has 0 aliphatic carbocycles. The van der Waals surface area contributed by atoms with Gasteiger partial charge in [-0.1, -0.05) is 0 Å². The average Bonchev–Trinajstić information content (AvgIpc) is 2.28. The van der Waals surface area contributed by atoms with Gasteiger partial charge in [-0.15, -0.1) is 0 Å². The van der Waals surface area contributed by atoms with E-state index in [1.807, 2.05) is 0 Å². The number of hydrogen-bond acceptors (Lipinski definition) is 4. The minimum atomic E-state index is -3.34. The largest absolute Gasteiger partial charge is 0.264 e. The zero-order valence-electron chi connectivity index (χ0n) is 10.3. The van der Waals surface area contributed by atoms with E-state index in [2.05, 4.69) is 6.42 Å². The smallest absolute Gasteiger partial charge is 0.217 e. The predicted molar refractivity (Wildman–Crippen MR) is 64.6 cm³/mol. The highest BCUT2D eigenvalue weighted by Crippen LogP contribution is 2.18. The molecule has 99 valence electrons. The molecule has 1 rings (SSSR count). The molecule has 0 spiro atoms. The number of nitrogens with zero attached hydrogens (tertiary/aromatic N) is 2. The third kappa shape index (κ3) is 3.92. The van der Waals surface area contributed by atoms with E-state index < -0.39 is 20.5 Å². The van der Waals surface area contributed by atoms with Gasteiger partial charge < -0.3 is 0 Å². The molecular weight excluding hydrogens is 244 g/mol. The van der Waals surface area contributed by atoms with Gasteiger partial charge in [-0.05, 0) is 19.3 Å². The second-order valence-electron chi connectivity index (χ2n) is 4.90. The van der Waals surface area contributed by atoms with Gasteiger partial charge in [-0.3, -0.25) is 10.1 Å². The minimum absolute atomic E-state index is 0.0442. The molecule has 0 unspecified atom stereocenters. The third-order valence-electron chi connectivity index (χ3n) is 3.02. The van der Waals surface area contributed by atoms with Crippen molar-refractivity contribution in [1.82, 2.24) is 4.31 Å². The molecule has 1 saturated heterocycles. The number of nitro groups is 1. The topological polar surface area (TPSA) is 80.5 Å². The summed E-state index contributed by atoms with van der Waals surface area (Å²) >= 11 is 0. The molecule has 0 aromatic rings. The first-order chi connectivity index (χ1) is 7.76. The van der Waals surface area contributed by atoms with Gasteiger partial charge in [-0.2, -0.15) is 0 Å². The molecule has 0 atom stereocenters. The van der Waals surface area contributed by atoms with E-state index >= 15 is 0 Å². The Kier molecular flexibility index (Phi) is 4.48. The normalized spacial score (nSPS) is 19.2. The molecule has 1 aliphatic heterocycles. The van der Waals surface area contributed by atoms with Crippen molar-refractivity contribution in [3.8, 4) is 0 Å². The standard InChI is InChI=1S/C10H19N2O4S/c1-10(2,12(13)14)6-9-17(15,16)11-7-4-3-5-8-11/h3H,4-9H2,1-2H3. The summed E-state index contributed by atoms with van der Waals surface area (Å²) in [6.07, 6.45) is 3.63. The summed E-state index contributed by atoms with van der Waals surface area (Å²) in [5, 5.41) is 10.7. The van der Waals surface area contributed by atoms with Gasteiger partial charge in [0.05, 0.1) is 5.75 Å². The van der Waals surface area contributed by atoms with Crippen molar-refractivity contribution in [1.29, 1.82) is 0 Å². The van der Waals surface area contributed by atoms with Crippen LogP contribution in [0.5, 0.6) is 0 Å². The van der Waals surface area contributed by atoms with E-state index in [4.69, 9.17) is 0 Å². The van der Waals surface area contributed by atoms with E-state index in [0.717, 1.165) is 12.8 Å². The molecule has 0 aromatic heterocycles. The van der Waals surface area contributed by atoms with Crippen LogP contribution in [0.2, 0.25) is 0 Å². The van der Waals surface area contributed by atoms with E-state index in [1.165, 1.54) is 18.2 Å². The van der Waals surface area contributed by atoms with Crippen molar-refractivity contribution in [2.75, 3.05) is 18.8 Å². The van der Waals surface area contributed by atoms with Crippen LogP contribution in [0.1, 0.15) is 33.1 Å². The molecule has 1 heterocycles. The van der Waals surface area contributed by atoms with Gasteiger partial charge in [0, 0.05) is 38.3 Å². The zero-order chi connectivity index (χ0) is 13.1. The van der Waals surface area contributed by atoms with Crippen molar-refractivity contribution in [3.63, 3.8) is 0 Å². The van der Waals surface area contributed by atoms with E-state index in [9.17, 15) is 18.5 Å². The van der Waals surface area contributed by atoms with Crippen molar-refractivity contribution in [3.05, 3.63) is 16.5 Å². The van der Waals surface area contributed by atoms with Gasteiger partial charge in [0.25, 0.3) is 0 Å². The summed E-state index contributed by atoms with van der Waals surface area (Å²) in [6.45, 7) is 3.90. The predicted octanol–water partition coefficient (Wildman–Crippen LogP) is 1.06. The highest BCUT2D eigenvalue weighted by molar-refractivity contribution is 7.89. The van der Waals surface area contributed by atoms with Crippen LogP contribution < -0.4 is 0 Å². The maximum atomic E-state index is 11.9. The Morgan fingerprint density at radius 2 is 1.88 bits per heavy atom. The number of piperidine rings is 1. The van der Waals surface area contributed by atoms with Crippen LogP contribution in [0, 0.1) is 16.5 Å². The fourth-order valence-electron chi connectivity index (χ4n) is 1.60. The summed E-state index contributed by atoms with van der Waals surface area (Å²) in [5.41, 5.74) is -1.19. The van der Waals surface area contributed by atoms with Gasteiger partial charge in [-0.25, -0.2) is 12.7 Å². The summed E-state index contributed by atoms with van der Waals surface area (Å²) in [7, 11) is -3.34. The van der Waals surface area contributed by atoms with Crippen LogP contribution >= 0.6 is 0 Å². The first kappa shape index (κ1) is 14.4. The monoisotopic (exact) mass is 263 g/mol. The van der Waals surface area contributed by atoms with Crippen LogP contribution in [0.15, 0.2) is 0 Å². The van der Waals surface area contributed by atoms with Gasteiger partial charge >= 0.3 is 0 Å². The quantitative estimate of drug-likeness (QED) is 0.548. The van der Waals surface area contributed by atoms with Crippen LogP contribution in [0.4, 0.5) is 0 Å². The second kappa shape index (κ2) is 5.30. The zero-order valence-corrected chi connectivity index (χ0v) is 11.1. The molecular formula is C10H19N2O4S. The van der Waals surface area contributed by atoms with E-state index in [1.54, 1.807) is 0 Å². The first-order valence-corrected chi connectivity index (χ1v) is 7.31. The molecule has 17 heavy (non-hydrogen) atoms. The van der Waals surface area contributed by atoms with Crippen molar-refractivity contribution in [2.45, 2.75) is 38.6 Å². The fraction of sp³-hybridized carbons (Fsp3) is 0.900.